The Morgan fingerprint density at radius 1 is 0.707 bits per heavy atom. The van der Waals surface area contributed by atoms with Crippen molar-refractivity contribution < 1.29 is 45.6 Å². The maximum atomic E-state index is 10.7. The molecular weight excluding hydrogens is 674 g/mol. The van der Waals surface area contributed by atoms with Crippen LogP contribution in [0.3, 0.4) is 0 Å². The molecule has 0 amide bonds. The number of benzene rings is 1. The molecule has 10 heteroatoms. The van der Waals surface area contributed by atoms with Crippen molar-refractivity contribution in [2.75, 3.05) is 0 Å². The van der Waals surface area contributed by atoms with Crippen molar-refractivity contribution in [1.82, 2.24) is 0 Å². The fraction of sp³-hybridized carbons (Fsp3) is 0.677. The minimum Gasteiger partial charge on any atom is -0.741 e. The summed E-state index contributed by atoms with van der Waals surface area (Å²) >= 11 is 0. The van der Waals surface area contributed by atoms with Crippen LogP contribution < -0.4 is 10.6 Å². The molecular formula is C31H44F3O3P2RhS-. The summed E-state index contributed by atoms with van der Waals surface area (Å²) in [5, 5.41) is 3.68. The zero-order chi connectivity index (χ0) is 29.8. The predicted octanol–water partition coefficient (Wildman–Crippen LogP) is 8.22. The second kappa shape index (κ2) is 19.0. The van der Waals surface area contributed by atoms with Crippen LogP contribution in [0, 0.1) is 23.7 Å². The first-order valence-corrected chi connectivity index (χ1v) is 19.0. The van der Waals surface area contributed by atoms with Gasteiger partial charge in [0, 0.05) is 45.2 Å². The molecule has 0 saturated carbocycles. The van der Waals surface area contributed by atoms with Gasteiger partial charge >= 0.3 is 5.51 Å². The molecule has 3 aliphatic rings. The van der Waals surface area contributed by atoms with E-state index in [1.54, 1.807) is 0 Å². The molecule has 4 rings (SSSR count). The van der Waals surface area contributed by atoms with Gasteiger partial charge in [-0.25, -0.2) is 8.42 Å². The summed E-state index contributed by atoms with van der Waals surface area (Å²) in [7, 11) is -5.96. The van der Waals surface area contributed by atoms with Gasteiger partial charge in [0.05, 0.1) is 0 Å². The molecule has 0 N–H and O–H groups in total. The molecule has 0 bridgehead atoms. The molecule has 3 nitrogen and oxygen atoms in total. The van der Waals surface area contributed by atoms with Crippen LogP contribution in [0.2, 0.25) is 0 Å². The smallest absolute Gasteiger partial charge is 0.485 e. The van der Waals surface area contributed by atoms with E-state index in [4.69, 9.17) is 13.0 Å². The van der Waals surface area contributed by atoms with E-state index in [1.165, 1.54) is 51.4 Å². The molecule has 233 valence electrons. The zero-order valence-corrected chi connectivity index (χ0v) is 28.8. The Kier molecular flexibility index (Phi) is 17.9. The van der Waals surface area contributed by atoms with Crippen LogP contribution >= 0.6 is 15.8 Å². The Bertz CT molecular complexity index is 1050. The third-order valence-corrected chi connectivity index (χ3v) is 16.1. The number of rotatable bonds is 6. The first kappa shape index (κ1) is 38.5. The molecule has 2 heterocycles. The van der Waals surface area contributed by atoms with Crippen LogP contribution in [0.25, 0.3) is 0 Å². The van der Waals surface area contributed by atoms with E-state index >= 15 is 0 Å². The van der Waals surface area contributed by atoms with Crippen molar-refractivity contribution in [3.8, 4) is 23.7 Å². The molecule has 0 spiro atoms. The Balaban J connectivity index is 0.000000407. The third kappa shape index (κ3) is 11.5. The quantitative estimate of drug-likeness (QED) is 0.0980. The van der Waals surface area contributed by atoms with Crippen molar-refractivity contribution >= 4 is 36.6 Å². The van der Waals surface area contributed by atoms with E-state index in [-0.39, 0.29) is 35.3 Å². The zero-order valence-electron chi connectivity index (χ0n) is 24.6. The molecule has 1 aliphatic carbocycles. The van der Waals surface area contributed by atoms with Gasteiger partial charge < -0.3 is 4.55 Å². The molecule has 2 saturated heterocycles. The van der Waals surface area contributed by atoms with Gasteiger partial charge in [0.25, 0.3) is 0 Å². The van der Waals surface area contributed by atoms with Crippen molar-refractivity contribution in [2.24, 2.45) is 0 Å². The molecule has 41 heavy (non-hydrogen) atoms. The molecule has 0 unspecified atom stereocenters. The summed E-state index contributed by atoms with van der Waals surface area (Å²) in [4.78, 5) is 0. The number of alkyl halides is 3. The number of hydrogen-bond donors (Lipinski definition) is 0. The fourth-order valence-electron chi connectivity index (χ4n) is 5.82. The number of halogens is 3. The van der Waals surface area contributed by atoms with Crippen LogP contribution in [0.1, 0.15) is 105 Å². The first-order chi connectivity index (χ1) is 19.0. The summed E-state index contributed by atoms with van der Waals surface area (Å²) in [6.07, 6.45) is 15.4. The molecule has 2 aliphatic heterocycles. The van der Waals surface area contributed by atoms with E-state index in [9.17, 15) is 13.2 Å². The van der Waals surface area contributed by atoms with Gasteiger partial charge in [-0.15, -0.1) is 23.7 Å². The third-order valence-electron chi connectivity index (χ3n) is 7.85. The van der Waals surface area contributed by atoms with Crippen LogP contribution in [-0.2, 0) is 29.6 Å². The molecule has 1 aromatic rings. The molecule has 1 radical (unpaired) electrons. The summed E-state index contributed by atoms with van der Waals surface area (Å²) < 4.78 is 58.9. The van der Waals surface area contributed by atoms with E-state index < -0.39 is 15.6 Å². The minimum atomic E-state index is -6.09. The fourth-order valence-corrected chi connectivity index (χ4v) is 13.8. The van der Waals surface area contributed by atoms with Crippen LogP contribution in [0.15, 0.2) is 24.3 Å². The summed E-state index contributed by atoms with van der Waals surface area (Å²) in [6.45, 7) is 9.74. The monoisotopic (exact) mass is 718 g/mol. The maximum absolute atomic E-state index is 10.7. The van der Waals surface area contributed by atoms with Gasteiger partial charge in [-0.3, -0.25) is 0 Å². The largest absolute Gasteiger partial charge is 0.741 e. The van der Waals surface area contributed by atoms with Gasteiger partial charge in [0.2, 0.25) is 0 Å². The summed E-state index contributed by atoms with van der Waals surface area (Å²) in [5.74, 6) is 12.1. The normalized spacial score (nSPS) is 24.5. The summed E-state index contributed by atoms with van der Waals surface area (Å²) in [5.41, 5.74) is -1.69. The van der Waals surface area contributed by atoms with E-state index in [0.29, 0.717) is 0 Å². The minimum absolute atomic E-state index is 0. The van der Waals surface area contributed by atoms with E-state index in [0.717, 1.165) is 48.3 Å². The molecule has 1 aromatic carbocycles. The van der Waals surface area contributed by atoms with Crippen molar-refractivity contribution in [1.29, 1.82) is 0 Å². The van der Waals surface area contributed by atoms with Crippen molar-refractivity contribution in [2.45, 2.75) is 133 Å². The SMILES string of the molecule is C1#CCCC#CCC1.CC[C@H]1CC[C@H](CC)P1c1ccccc1P1[C@@H](CC)CC[C@@H]1CC.O=S(=O)([O-])C(F)(F)F.[Rh]. The van der Waals surface area contributed by atoms with Crippen LogP contribution in [0.5, 0.6) is 0 Å². The summed E-state index contributed by atoms with van der Waals surface area (Å²) in [6, 6.07) is 9.79. The van der Waals surface area contributed by atoms with Gasteiger partial charge in [-0.1, -0.05) is 67.8 Å². The number of hydrogen-bond acceptors (Lipinski definition) is 3. The van der Waals surface area contributed by atoms with Crippen molar-refractivity contribution in [3.05, 3.63) is 24.3 Å². The van der Waals surface area contributed by atoms with E-state index in [2.05, 4.69) is 75.6 Å². The standard InChI is InChI=1S/C22H36P2.C8H8.CHF3O3S.Rh/c1-5-17-13-14-18(6-2)23(17)21-11-9-10-12-22(21)24-19(7-3)15-16-20(24)8-4;1-2-4-6-8-7-5-3-1;2-1(3,4)8(5,6)7;/h9-12,17-20H,5-8,13-16H2,1-4H3;1-2,7-8H2;(H,5,6,7);/p-1/t17-,18-,19-,20-;;;/m0.../s1. The first-order valence-electron chi connectivity index (χ1n) is 14.6. The second-order valence-corrected chi connectivity index (χ2v) is 17.2. The average Bonchev–Trinajstić information content (AvgIpc) is 3.51. The van der Waals surface area contributed by atoms with Crippen molar-refractivity contribution in [3.63, 3.8) is 0 Å². The molecule has 0 aromatic heterocycles. The molecule has 2 fully saturated rings. The average molecular weight is 719 g/mol. The van der Waals surface area contributed by atoms with Gasteiger partial charge in [-0.05, 0) is 84.6 Å². The molecule has 4 atom stereocenters. The van der Waals surface area contributed by atoms with Gasteiger partial charge in [0.1, 0.15) is 0 Å². The van der Waals surface area contributed by atoms with E-state index in [1.807, 2.05) is 10.6 Å². The van der Waals surface area contributed by atoms with Crippen LogP contribution in [-0.4, -0.2) is 41.1 Å². The van der Waals surface area contributed by atoms with Gasteiger partial charge in [-0.2, -0.15) is 13.2 Å². The Labute approximate surface area is 262 Å². The van der Waals surface area contributed by atoms with Gasteiger partial charge in [0.15, 0.2) is 10.1 Å². The Morgan fingerprint density at radius 3 is 1.15 bits per heavy atom. The van der Waals surface area contributed by atoms with Crippen LogP contribution in [0.4, 0.5) is 13.2 Å². The topological polar surface area (TPSA) is 57.2 Å². The second-order valence-electron chi connectivity index (χ2n) is 10.3. The Hall–Kier alpha value is -0.477. The predicted molar refractivity (Wildman–Crippen MR) is 164 cm³/mol. The Morgan fingerprint density at radius 2 is 0.951 bits per heavy atom. The maximum Gasteiger partial charge on any atom is 0.485 e.